The molecule has 0 aliphatic heterocycles. The maximum Gasteiger partial charge on any atom is 0.419 e. The zero-order valence-corrected chi connectivity index (χ0v) is 10.8. The highest BCUT2D eigenvalue weighted by Gasteiger charge is 2.33. The molecule has 0 saturated heterocycles. The third kappa shape index (κ3) is 3.47. The van der Waals surface area contributed by atoms with E-state index >= 15 is 0 Å². The van der Waals surface area contributed by atoms with Crippen molar-refractivity contribution in [2.24, 2.45) is 0 Å². The highest BCUT2D eigenvalue weighted by atomic mass is 19.4. The largest absolute Gasteiger partial charge is 0.478 e. The summed E-state index contributed by atoms with van der Waals surface area (Å²) in [6.45, 7) is 1.24. The average molecular weight is 297 g/mol. The predicted octanol–water partition coefficient (Wildman–Crippen LogP) is 3.25. The maximum atomic E-state index is 12.6. The Bertz CT molecular complexity index is 669. The molecular weight excluding hydrogens is 287 g/mol. The lowest BCUT2D eigenvalue weighted by molar-refractivity contribution is -0.138. The fraction of sp³-hybridized carbons (Fsp3) is 0.154. The number of benzene rings is 1. The predicted molar refractivity (Wildman–Crippen MR) is 68.5 cm³/mol. The third-order valence-corrected chi connectivity index (χ3v) is 2.67. The molecule has 0 saturated carbocycles. The van der Waals surface area contributed by atoms with Gasteiger partial charge in [-0.25, -0.2) is 14.8 Å². The van der Waals surface area contributed by atoms with E-state index in [-0.39, 0.29) is 17.2 Å². The number of halogens is 3. The summed E-state index contributed by atoms with van der Waals surface area (Å²) < 4.78 is 37.7. The number of rotatable bonds is 3. The Labute approximate surface area is 117 Å². The summed E-state index contributed by atoms with van der Waals surface area (Å²) in [5.41, 5.74) is -0.513. The molecule has 8 heteroatoms. The van der Waals surface area contributed by atoms with Crippen LogP contribution in [0.5, 0.6) is 0 Å². The molecule has 1 heterocycles. The molecule has 5 nitrogen and oxygen atoms in total. The van der Waals surface area contributed by atoms with E-state index in [1.54, 1.807) is 0 Å². The van der Waals surface area contributed by atoms with Crippen LogP contribution in [0.25, 0.3) is 0 Å². The number of hydrogen-bond donors (Lipinski definition) is 2. The highest BCUT2D eigenvalue weighted by molar-refractivity contribution is 5.88. The maximum absolute atomic E-state index is 12.6. The smallest absolute Gasteiger partial charge is 0.419 e. The van der Waals surface area contributed by atoms with Crippen LogP contribution in [0, 0.1) is 6.92 Å². The van der Waals surface area contributed by atoms with Gasteiger partial charge in [0, 0.05) is 11.9 Å². The molecule has 0 spiro atoms. The van der Waals surface area contributed by atoms with Gasteiger partial charge in [-0.2, -0.15) is 13.2 Å². The number of aromatic carboxylic acids is 1. The molecule has 0 fully saturated rings. The molecule has 0 amide bonds. The van der Waals surface area contributed by atoms with E-state index in [1.807, 2.05) is 0 Å². The first-order chi connectivity index (χ1) is 9.77. The minimum absolute atomic E-state index is 0.00331. The van der Waals surface area contributed by atoms with E-state index in [1.165, 1.54) is 31.2 Å². The topological polar surface area (TPSA) is 75.1 Å². The summed E-state index contributed by atoms with van der Waals surface area (Å²) in [6.07, 6.45) is -3.79. The number of alkyl halides is 3. The van der Waals surface area contributed by atoms with E-state index < -0.39 is 17.7 Å². The van der Waals surface area contributed by atoms with Crippen LogP contribution < -0.4 is 5.32 Å². The Morgan fingerprint density at radius 2 is 1.86 bits per heavy atom. The number of carboxylic acid groups (broad SMARTS) is 1. The van der Waals surface area contributed by atoms with Crippen molar-refractivity contribution in [2.45, 2.75) is 13.1 Å². The van der Waals surface area contributed by atoms with Crippen molar-refractivity contribution in [3.63, 3.8) is 0 Å². The van der Waals surface area contributed by atoms with Crippen molar-refractivity contribution < 1.29 is 23.1 Å². The van der Waals surface area contributed by atoms with Crippen LogP contribution in [0.4, 0.5) is 24.8 Å². The monoisotopic (exact) mass is 297 g/mol. The Hall–Kier alpha value is -2.64. The van der Waals surface area contributed by atoms with Gasteiger partial charge in [-0.15, -0.1) is 0 Å². The Kier molecular flexibility index (Phi) is 3.79. The van der Waals surface area contributed by atoms with Gasteiger partial charge in [-0.05, 0) is 31.2 Å². The molecule has 0 aliphatic carbocycles. The van der Waals surface area contributed by atoms with E-state index in [9.17, 15) is 18.0 Å². The van der Waals surface area contributed by atoms with E-state index in [0.29, 0.717) is 11.9 Å². The number of aryl methyl sites for hydroxylation is 1. The fourth-order valence-corrected chi connectivity index (χ4v) is 1.63. The number of nitrogens with zero attached hydrogens (tertiary/aromatic N) is 2. The zero-order chi connectivity index (χ0) is 15.6. The van der Waals surface area contributed by atoms with Crippen LogP contribution in [-0.2, 0) is 6.18 Å². The first-order valence-electron chi connectivity index (χ1n) is 5.78. The van der Waals surface area contributed by atoms with E-state index in [4.69, 9.17) is 5.11 Å². The van der Waals surface area contributed by atoms with Gasteiger partial charge in [0.1, 0.15) is 0 Å². The Balaban J connectivity index is 2.20. The Morgan fingerprint density at radius 3 is 2.33 bits per heavy atom. The molecule has 2 aromatic rings. The van der Waals surface area contributed by atoms with Crippen molar-refractivity contribution in [2.75, 3.05) is 5.32 Å². The molecule has 1 aromatic heterocycles. The number of nitrogens with one attached hydrogen (secondary N) is 1. The van der Waals surface area contributed by atoms with Gasteiger partial charge in [-0.3, -0.25) is 0 Å². The van der Waals surface area contributed by atoms with Crippen molar-refractivity contribution in [3.8, 4) is 0 Å². The normalized spacial score (nSPS) is 11.2. The van der Waals surface area contributed by atoms with Crippen LogP contribution in [0.15, 0.2) is 30.5 Å². The second kappa shape index (κ2) is 5.39. The lowest BCUT2D eigenvalue weighted by Crippen LogP contribution is -2.11. The third-order valence-electron chi connectivity index (χ3n) is 2.67. The second-order valence-electron chi connectivity index (χ2n) is 4.20. The molecular formula is C13H10F3N3O2. The lowest BCUT2D eigenvalue weighted by atomic mass is 10.2. The molecule has 2 N–H and O–H groups in total. The molecule has 0 unspecified atom stereocenters. The van der Waals surface area contributed by atoms with E-state index in [0.717, 1.165) is 0 Å². The van der Waals surface area contributed by atoms with Gasteiger partial charge in [0.05, 0.1) is 16.8 Å². The van der Waals surface area contributed by atoms with Crippen molar-refractivity contribution in [1.29, 1.82) is 0 Å². The van der Waals surface area contributed by atoms with Gasteiger partial charge < -0.3 is 10.4 Å². The first kappa shape index (κ1) is 14.8. The molecule has 1 aromatic carbocycles. The summed E-state index contributed by atoms with van der Waals surface area (Å²) in [7, 11) is 0. The van der Waals surface area contributed by atoms with Crippen molar-refractivity contribution >= 4 is 17.6 Å². The number of hydrogen-bond acceptors (Lipinski definition) is 4. The molecule has 0 bridgehead atoms. The quantitative estimate of drug-likeness (QED) is 0.909. The summed E-state index contributed by atoms with van der Waals surface area (Å²) in [4.78, 5) is 18.0. The number of carbonyl (C=O) groups is 1. The van der Waals surface area contributed by atoms with Gasteiger partial charge in [0.2, 0.25) is 5.95 Å². The molecule has 0 atom stereocenters. The highest BCUT2D eigenvalue weighted by Crippen LogP contribution is 2.30. The zero-order valence-electron chi connectivity index (χ0n) is 10.8. The number of anilines is 2. The molecule has 0 radical (unpaired) electrons. The first-order valence-corrected chi connectivity index (χ1v) is 5.78. The van der Waals surface area contributed by atoms with Gasteiger partial charge >= 0.3 is 12.1 Å². The minimum Gasteiger partial charge on any atom is -0.478 e. The van der Waals surface area contributed by atoms with Gasteiger partial charge in [0.25, 0.3) is 0 Å². The molecule has 2 rings (SSSR count). The van der Waals surface area contributed by atoms with Crippen LogP contribution in [0.3, 0.4) is 0 Å². The van der Waals surface area contributed by atoms with Crippen LogP contribution in [0.1, 0.15) is 21.6 Å². The number of aromatic nitrogens is 2. The van der Waals surface area contributed by atoms with Crippen LogP contribution >= 0.6 is 0 Å². The summed E-state index contributed by atoms with van der Waals surface area (Å²) >= 11 is 0. The molecule has 21 heavy (non-hydrogen) atoms. The summed E-state index contributed by atoms with van der Waals surface area (Å²) in [5.74, 6) is -1.06. The standard InChI is InChI=1S/C13H10F3N3O2/c1-7-10(13(14,15)16)6-17-12(18-7)19-9-4-2-8(3-5-9)11(20)21/h2-6H,1H3,(H,20,21)(H,17,18,19). The van der Waals surface area contributed by atoms with Crippen molar-refractivity contribution in [3.05, 3.63) is 47.3 Å². The molecule has 0 aliphatic rings. The Morgan fingerprint density at radius 1 is 1.24 bits per heavy atom. The van der Waals surface area contributed by atoms with Gasteiger partial charge in [-0.1, -0.05) is 0 Å². The SMILES string of the molecule is Cc1nc(Nc2ccc(C(=O)O)cc2)ncc1C(F)(F)F. The van der Waals surface area contributed by atoms with E-state index in [2.05, 4.69) is 15.3 Å². The van der Waals surface area contributed by atoms with Crippen molar-refractivity contribution in [1.82, 2.24) is 9.97 Å². The fourth-order valence-electron chi connectivity index (χ4n) is 1.63. The average Bonchev–Trinajstić information content (AvgIpc) is 2.37. The lowest BCUT2D eigenvalue weighted by Gasteiger charge is -2.11. The second-order valence-corrected chi connectivity index (χ2v) is 4.20. The molecule has 110 valence electrons. The van der Waals surface area contributed by atoms with Crippen LogP contribution in [-0.4, -0.2) is 21.0 Å². The number of carboxylic acids is 1. The summed E-state index contributed by atoms with van der Waals surface area (Å²) in [5, 5.41) is 11.5. The van der Waals surface area contributed by atoms with Gasteiger partial charge in [0.15, 0.2) is 0 Å². The summed E-state index contributed by atoms with van der Waals surface area (Å²) in [6, 6.07) is 5.67. The minimum atomic E-state index is -4.49. The van der Waals surface area contributed by atoms with Crippen LogP contribution in [0.2, 0.25) is 0 Å².